The highest BCUT2D eigenvalue weighted by molar-refractivity contribution is 5.80. The summed E-state index contributed by atoms with van der Waals surface area (Å²) in [6.45, 7) is 2.57. The molecule has 1 saturated heterocycles. The van der Waals surface area contributed by atoms with E-state index in [0.717, 1.165) is 19.6 Å². The molecule has 4 nitrogen and oxygen atoms in total. The average molecular weight is 143 g/mol. The summed E-state index contributed by atoms with van der Waals surface area (Å²) in [5.74, 6) is -0.258. The average Bonchev–Trinajstić information content (AvgIpc) is 1.88. The van der Waals surface area contributed by atoms with Gasteiger partial charge in [-0.25, -0.2) is 0 Å². The van der Waals surface area contributed by atoms with Crippen LogP contribution in [0, 0.1) is 0 Å². The van der Waals surface area contributed by atoms with E-state index in [1.807, 2.05) is 7.05 Å². The standard InChI is InChI=1S/C6H13N3O/c1-9-3-2-8-5(4-9)6(7)10/h5,8H,2-4H2,1H3,(H2,7,10)/t5-/m0/s1. The fraction of sp³-hybridized carbons (Fsp3) is 0.833. The van der Waals surface area contributed by atoms with Crippen molar-refractivity contribution < 1.29 is 4.79 Å². The van der Waals surface area contributed by atoms with Gasteiger partial charge >= 0.3 is 0 Å². The normalized spacial score (nSPS) is 28.3. The van der Waals surface area contributed by atoms with E-state index in [0.29, 0.717) is 0 Å². The molecule has 1 fully saturated rings. The molecule has 0 aromatic carbocycles. The van der Waals surface area contributed by atoms with Crippen molar-refractivity contribution in [1.82, 2.24) is 10.2 Å². The van der Waals surface area contributed by atoms with Crippen molar-refractivity contribution in [2.75, 3.05) is 26.7 Å². The summed E-state index contributed by atoms with van der Waals surface area (Å²) < 4.78 is 0. The number of carbonyl (C=O) groups is 1. The molecule has 10 heavy (non-hydrogen) atoms. The lowest BCUT2D eigenvalue weighted by Crippen LogP contribution is -2.54. The van der Waals surface area contributed by atoms with Crippen LogP contribution in [-0.4, -0.2) is 43.5 Å². The number of nitrogens with one attached hydrogen (secondary N) is 1. The minimum atomic E-state index is -0.258. The van der Waals surface area contributed by atoms with Crippen LogP contribution < -0.4 is 11.1 Å². The van der Waals surface area contributed by atoms with Crippen LogP contribution in [0.3, 0.4) is 0 Å². The molecule has 1 rings (SSSR count). The highest BCUT2D eigenvalue weighted by Gasteiger charge is 2.20. The first-order valence-corrected chi connectivity index (χ1v) is 3.41. The van der Waals surface area contributed by atoms with Crippen LogP contribution >= 0.6 is 0 Å². The second-order valence-corrected chi connectivity index (χ2v) is 2.67. The molecule has 1 aliphatic heterocycles. The van der Waals surface area contributed by atoms with E-state index < -0.39 is 0 Å². The Balaban J connectivity index is 2.39. The molecular formula is C6H13N3O. The van der Waals surface area contributed by atoms with Gasteiger partial charge in [0.15, 0.2) is 0 Å². The van der Waals surface area contributed by atoms with Crippen LogP contribution in [-0.2, 0) is 4.79 Å². The summed E-state index contributed by atoms with van der Waals surface area (Å²) in [6.07, 6.45) is 0. The molecule has 0 aromatic heterocycles. The predicted octanol–water partition coefficient (Wildman–Crippen LogP) is -1.62. The van der Waals surface area contributed by atoms with Crippen LogP contribution in [0.4, 0.5) is 0 Å². The number of nitrogens with zero attached hydrogens (tertiary/aromatic N) is 1. The Hall–Kier alpha value is -0.610. The Labute approximate surface area is 60.4 Å². The van der Waals surface area contributed by atoms with Gasteiger partial charge in [-0.3, -0.25) is 4.79 Å². The van der Waals surface area contributed by atoms with Crippen LogP contribution in [0.15, 0.2) is 0 Å². The van der Waals surface area contributed by atoms with Gasteiger partial charge in [-0.1, -0.05) is 0 Å². The lowest BCUT2D eigenvalue weighted by molar-refractivity contribution is -0.120. The van der Waals surface area contributed by atoms with E-state index in [-0.39, 0.29) is 11.9 Å². The molecule has 0 bridgehead atoms. The summed E-state index contributed by atoms with van der Waals surface area (Å²) in [4.78, 5) is 12.7. The Morgan fingerprint density at radius 2 is 2.50 bits per heavy atom. The van der Waals surface area contributed by atoms with Crippen molar-refractivity contribution in [2.24, 2.45) is 5.73 Å². The zero-order chi connectivity index (χ0) is 7.56. The number of rotatable bonds is 1. The van der Waals surface area contributed by atoms with E-state index in [9.17, 15) is 4.79 Å². The maximum atomic E-state index is 10.6. The topological polar surface area (TPSA) is 58.4 Å². The van der Waals surface area contributed by atoms with Gasteiger partial charge in [-0.2, -0.15) is 0 Å². The molecule has 4 heteroatoms. The van der Waals surface area contributed by atoms with Crippen molar-refractivity contribution in [2.45, 2.75) is 6.04 Å². The van der Waals surface area contributed by atoms with E-state index in [2.05, 4.69) is 10.2 Å². The van der Waals surface area contributed by atoms with Crippen molar-refractivity contribution in [3.8, 4) is 0 Å². The van der Waals surface area contributed by atoms with Gasteiger partial charge in [-0.05, 0) is 7.05 Å². The minimum absolute atomic E-state index is 0.154. The fourth-order valence-electron chi connectivity index (χ4n) is 1.09. The Bertz CT molecular complexity index is 137. The predicted molar refractivity (Wildman–Crippen MR) is 38.5 cm³/mol. The number of primary amides is 1. The van der Waals surface area contributed by atoms with Gasteiger partial charge in [0.1, 0.15) is 0 Å². The lowest BCUT2D eigenvalue weighted by atomic mass is 10.2. The third kappa shape index (κ3) is 1.68. The molecule has 0 radical (unpaired) electrons. The zero-order valence-electron chi connectivity index (χ0n) is 6.13. The summed E-state index contributed by atoms with van der Waals surface area (Å²) in [7, 11) is 1.98. The molecule has 1 atom stereocenters. The maximum absolute atomic E-state index is 10.6. The SMILES string of the molecule is CN1CCN[C@H](C(N)=O)C1. The number of amides is 1. The van der Waals surface area contributed by atoms with E-state index in [1.54, 1.807) is 0 Å². The molecule has 0 spiro atoms. The number of carbonyl (C=O) groups excluding carboxylic acids is 1. The highest BCUT2D eigenvalue weighted by atomic mass is 16.1. The largest absolute Gasteiger partial charge is 0.368 e. The van der Waals surface area contributed by atoms with Crippen molar-refractivity contribution in [3.05, 3.63) is 0 Å². The van der Waals surface area contributed by atoms with Gasteiger partial charge in [0.25, 0.3) is 0 Å². The molecule has 0 aromatic rings. The smallest absolute Gasteiger partial charge is 0.235 e. The first-order valence-electron chi connectivity index (χ1n) is 3.41. The van der Waals surface area contributed by atoms with Gasteiger partial charge in [-0.15, -0.1) is 0 Å². The van der Waals surface area contributed by atoms with Gasteiger partial charge in [0.05, 0.1) is 6.04 Å². The molecule has 0 saturated carbocycles. The van der Waals surface area contributed by atoms with Crippen LogP contribution in [0.25, 0.3) is 0 Å². The molecular weight excluding hydrogens is 130 g/mol. The monoisotopic (exact) mass is 143 g/mol. The minimum Gasteiger partial charge on any atom is -0.368 e. The van der Waals surface area contributed by atoms with Crippen molar-refractivity contribution in [1.29, 1.82) is 0 Å². The fourth-order valence-corrected chi connectivity index (χ4v) is 1.09. The quantitative estimate of drug-likeness (QED) is 0.463. The van der Waals surface area contributed by atoms with Crippen molar-refractivity contribution >= 4 is 5.91 Å². The van der Waals surface area contributed by atoms with E-state index in [4.69, 9.17) is 5.73 Å². The molecule has 3 N–H and O–H groups in total. The van der Waals surface area contributed by atoms with Crippen LogP contribution in [0.5, 0.6) is 0 Å². The summed E-state index contributed by atoms with van der Waals surface area (Å²) in [5.41, 5.74) is 5.10. The third-order valence-electron chi connectivity index (χ3n) is 1.72. The summed E-state index contributed by atoms with van der Waals surface area (Å²) in [5, 5.41) is 3.03. The molecule has 0 aliphatic carbocycles. The van der Waals surface area contributed by atoms with Gasteiger partial charge in [0.2, 0.25) is 5.91 Å². The van der Waals surface area contributed by atoms with Crippen molar-refractivity contribution in [3.63, 3.8) is 0 Å². The number of nitrogens with two attached hydrogens (primary N) is 1. The number of hydrogen-bond acceptors (Lipinski definition) is 3. The summed E-state index contributed by atoms with van der Waals surface area (Å²) >= 11 is 0. The number of likely N-dealkylation sites (N-methyl/N-ethyl adjacent to an activating group) is 1. The Kier molecular flexibility index (Phi) is 2.24. The molecule has 1 heterocycles. The molecule has 0 unspecified atom stereocenters. The number of hydrogen-bond donors (Lipinski definition) is 2. The summed E-state index contributed by atoms with van der Waals surface area (Å²) in [6, 6.07) is -0.154. The third-order valence-corrected chi connectivity index (χ3v) is 1.72. The zero-order valence-corrected chi connectivity index (χ0v) is 6.13. The lowest BCUT2D eigenvalue weighted by Gasteiger charge is -2.28. The first kappa shape index (κ1) is 7.50. The molecule has 1 amide bonds. The van der Waals surface area contributed by atoms with Gasteiger partial charge < -0.3 is 16.0 Å². The Morgan fingerprint density at radius 1 is 1.80 bits per heavy atom. The molecule has 1 aliphatic rings. The molecule has 58 valence electrons. The second kappa shape index (κ2) is 2.98. The van der Waals surface area contributed by atoms with Gasteiger partial charge in [0, 0.05) is 19.6 Å². The van der Waals surface area contributed by atoms with E-state index in [1.165, 1.54) is 0 Å². The van der Waals surface area contributed by atoms with E-state index >= 15 is 0 Å². The first-order chi connectivity index (χ1) is 4.70. The second-order valence-electron chi connectivity index (χ2n) is 2.67. The van der Waals surface area contributed by atoms with Crippen LogP contribution in [0.2, 0.25) is 0 Å². The maximum Gasteiger partial charge on any atom is 0.235 e. The highest BCUT2D eigenvalue weighted by Crippen LogP contribution is 1.93. The number of piperazine rings is 1. The van der Waals surface area contributed by atoms with Crippen LogP contribution in [0.1, 0.15) is 0 Å². The Morgan fingerprint density at radius 3 is 2.90 bits per heavy atom.